The molecule has 1 N–H and O–H groups in total. The highest BCUT2D eigenvalue weighted by Crippen LogP contribution is 2.24. The van der Waals surface area contributed by atoms with Crippen molar-refractivity contribution in [2.24, 2.45) is 0 Å². The Kier molecular flexibility index (Phi) is 4.15. The third-order valence-electron chi connectivity index (χ3n) is 3.09. The molecule has 94 valence electrons. The number of carbonyl (C=O) groups is 1. The average molecular weight is 254 g/mol. The van der Waals surface area contributed by atoms with Gasteiger partial charge in [-0.25, -0.2) is 0 Å². The summed E-state index contributed by atoms with van der Waals surface area (Å²) < 4.78 is 5.48. The first-order valence-electron chi connectivity index (χ1n) is 5.82. The average Bonchev–Trinajstić information content (AvgIpc) is 2.91. The minimum absolute atomic E-state index is 0.0538. The van der Waals surface area contributed by atoms with E-state index in [0.717, 1.165) is 6.54 Å². The van der Waals surface area contributed by atoms with Crippen LogP contribution in [-0.2, 0) is 9.53 Å². The minimum Gasteiger partial charge on any atom is -0.366 e. The Morgan fingerprint density at radius 1 is 1.71 bits per heavy atom. The van der Waals surface area contributed by atoms with Gasteiger partial charge in [-0.2, -0.15) is 0 Å². The predicted molar refractivity (Wildman–Crippen MR) is 68.1 cm³/mol. The van der Waals surface area contributed by atoms with Gasteiger partial charge in [-0.15, -0.1) is 11.3 Å². The number of hydrogen-bond acceptors (Lipinski definition) is 4. The lowest BCUT2D eigenvalue weighted by Gasteiger charge is -2.30. The molecular formula is C12H18N2O2S. The molecule has 1 aliphatic heterocycles. The fourth-order valence-corrected chi connectivity index (χ4v) is 2.69. The van der Waals surface area contributed by atoms with Crippen molar-refractivity contribution in [3.63, 3.8) is 0 Å². The predicted octanol–water partition coefficient (Wildman–Crippen LogP) is 1.26. The van der Waals surface area contributed by atoms with Gasteiger partial charge in [-0.3, -0.25) is 4.79 Å². The molecule has 2 atom stereocenters. The van der Waals surface area contributed by atoms with Crippen LogP contribution in [0.5, 0.6) is 0 Å². The summed E-state index contributed by atoms with van der Waals surface area (Å²) >= 11 is 1.67. The lowest BCUT2D eigenvalue weighted by Crippen LogP contribution is -2.48. The first-order chi connectivity index (χ1) is 8.20. The van der Waals surface area contributed by atoms with Crippen LogP contribution in [0.4, 0.5) is 0 Å². The van der Waals surface area contributed by atoms with Crippen LogP contribution >= 0.6 is 11.3 Å². The number of ether oxygens (including phenoxy) is 1. The van der Waals surface area contributed by atoms with Crippen LogP contribution in [0.15, 0.2) is 17.5 Å². The highest BCUT2D eigenvalue weighted by Gasteiger charge is 2.28. The normalized spacial score (nSPS) is 22.1. The highest BCUT2D eigenvalue weighted by molar-refractivity contribution is 7.10. The van der Waals surface area contributed by atoms with Crippen LogP contribution in [0.25, 0.3) is 0 Å². The molecule has 17 heavy (non-hydrogen) atoms. The van der Waals surface area contributed by atoms with E-state index in [1.54, 1.807) is 16.2 Å². The van der Waals surface area contributed by atoms with Crippen molar-refractivity contribution in [1.29, 1.82) is 0 Å². The second kappa shape index (κ2) is 5.62. The molecule has 0 aromatic carbocycles. The highest BCUT2D eigenvalue weighted by atomic mass is 32.1. The molecule has 1 saturated heterocycles. The van der Waals surface area contributed by atoms with Gasteiger partial charge >= 0.3 is 0 Å². The smallest absolute Gasteiger partial charge is 0.253 e. The van der Waals surface area contributed by atoms with Crippen LogP contribution in [0.1, 0.15) is 17.8 Å². The van der Waals surface area contributed by atoms with Crippen molar-refractivity contribution in [2.45, 2.75) is 19.1 Å². The molecule has 0 spiro atoms. The number of nitrogens with zero attached hydrogens (tertiary/aromatic N) is 1. The van der Waals surface area contributed by atoms with E-state index in [2.05, 4.69) is 11.4 Å². The molecule has 0 radical (unpaired) electrons. The molecule has 1 amide bonds. The van der Waals surface area contributed by atoms with Gasteiger partial charge in [0.1, 0.15) is 6.10 Å². The second-order valence-corrected chi connectivity index (χ2v) is 5.18. The maximum atomic E-state index is 12.2. The number of hydrogen-bond donors (Lipinski definition) is 1. The first kappa shape index (κ1) is 12.5. The lowest BCUT2D eigenvalue weighted by molar-refractivity contribution is -0.145. The summed E-state index contributed by atoms with van der Waals surface area (Å²) in [5.74, 6) is 0.0538. The summed E-state index contributed by atoms with van der Waals surface area (Å²) in [6.45, 7) is 4.09. The van der Waals surface area contributed by atoms with Gasteiger partial charge in [0.2, 0.25) is 0 Å². The van der Waals surface area contributed by atoms with Crippen molar-refractivity contribution in [3.8, 4) is 0 Å². The Bertz CT molecular complexity index is 361. The molecule has 0 saturated carbocycles. The summed E-state index contributed by atoms with van der Waals surface area (Å²) in [6, 6.07) is 4.17. The van der Waals surface area contributed by atoms with Crippen LogP contribution in [0.3, 0.4) is 0 Å². The molecular weight excluding hydrogens is 236 g/mol. The van der Waals surface area contributed by atoms with Crippen LogP contribution < -0.4 is 5.32 Å². The van der Waals surface area contributed by atoms with Crippen LogP contribution in [0, 0.1) is 0 Å². The monoisotopic (exact) mass is 254 g/mol. The van der Waals surface area contributed by atoms with E-state index in [-0.39, 0.29) is 18.1 Å². The number of rotatable bonds is 3. The molecule has 4 nitrogen and oxygen atoms in total. The van der Waals surface area contributed by atoms with Crippen molar-refractivity contribution in [1.82, 2.24) is 10.2 Å². The molecule has 5 heteroatoms. The van der Waals surface area contributed by atoms with Crippen molar-refractivity contribution < 1.29 is 9.53 Å². The van der Waals surface area contributed by atoms with Crippen molar-refractivity contribution in [3.05, 3.63) is 22.4 Å². The Morgan fingerprint density at radius 3 is 3.12 bits per heavy atom. The zero-order valence-corrected chi connectivity index (χ0v) is 11.0. The molecule has 1 aromatic heterocycles. The van der Waals surface area contributed by atoms with E-state index < -0.39 is 0 Å². The first-order valence-corrected chi connectivity index (χ1v) is 6.70. The fraction of sp³-hybridized carbons (Fsp3) is 0.583. The zero-order valence-electron chi connectivity index (χ0n) is 10.2. The maximum absolute atomic E-state index is 12.2. The van der Waals surface area contributed by atoms with Crippen molar-refractivity contribution >= 4 is 17.2 Å². The number of carbonyl (C=O) groups excluding carboxylic acids is 1. The Balaban J connectivity index is 1.98. The SMILES string of the molecule is CC(c1cccs1)N(C)C(=O)C1CNCCO1. The Hall–Kier alpha value is -0.910. The Labute approximate surface area is 106 Å². The topological polar surface area (TPSA) is 41.6 Å². The van der Waals surface area contributed by atoms with Gasteiger partial charge < -0.3 is 15.0 Å². The van der Waals surface area contributed by atoms with E-state index in [4.69, 9.17) is 4.74 Å². The fourth-order valence-electron chi connectivity index (χ4n) is 1.86. The summed E-state index contributed by atoms with van der Waals surface area (Å²) in [5.41, 5.74) is 0. The number of amides is 1. The summed E-state index contributed by atoms with van der Waals surface area (Å²) in [6.07, 6.45) is -0.337. The molecule has 0 bridgehead atoms. The van der Waals surface area contributed by atoms with Gasteiger partial charge in [-0.05, 0) is 18.4 Å². The third-order valence-corrected chi connectivity index (χ3v) is 4.13. The quantitative estimate of drug-likeness (QED) is 0.883. The van der Waals surface area contributed by atoms with Gasteiger partial charge in [0.25, 0.3) is 5.91 Å². The molecule has 1 fully saturated rings. The van der Waals surface area contributed by atoms with Gasteiger partial charge in [0, 0.05) is 25.0 Å². The third kappa shape index (κ3) is 2.86. The van der Waals surface area contributed by atoms with E-state index in [9.17, 15) is 4.79 Å². The van der Waals surface area contributed by atoms with E-state index in [0.29, 0.717) is 13.2 Å². The van der Waals surface area contributed by atoms with Crippen LogP contribution in [-0.4, -0.2) is 43.7 Å². The summed E-state index contributed by atoms with van der Waals surface area (Å²) in [4.78, 5) is 15.2. The molecule has 0 aliphatic carbocycles. The van der Waals surface area contributed by atoms with Crippen LogP contribution in [0.2, 0.25) is 0 Å². The van der Waals surface area contributed by atoms with Crippen molar-refractivity contribution in [2.75, 3.05) is 26.7 Å². The largest absolute Gasteiger partial charge is 0.366 e. The van der Waals surface area contributed by atoms with Gasteiger partial charge in [0.05, 0.1) is 12.6 Å². The Morgan fingerprint density at radius 2 is 2.53 bits per heavy atom. The molecule has 1 aliphatic rings. The second-order valence-electron chi connectivity index (χ2n) is 4.20. The number of nitrogens with one attached hydrogen (secondary N) is 1. The minimum atomic E-state index is -0.337. The maximum Gasteiger partial charge on any atom is 0.253 e. The molecule has 2 unspecified atom stereocenters. The zero-order chi connectivity index (χ0) is 12.3. The van der Waals surface area contributed by atoms with E-state index in [1.165, 1.54) is 4.88 Å². The van der Waals surface area contributed by atoms with Gasteiger partial charge in [-0.1, -0.05) is 6.07 Å². The van der Waals surface area contributed by atoms with E-state index in [1.807, 2.05) is 25.4 Å². The lowest BCUT2D eigenvalue weighted by atomic mass is 10.2. The molecule has 2 heterocycles. The number of morpholine rings is 1. The molecule has 1 aromatic rings. The standard InChI is InChI=1S/C12H18N2O2S/c1-9(11-4-3-7-17-11)14(2)12(15)10-8-13-5-6-16-10/h3-4,7,9-10,13H,5-6,8H2,1-2H3. The number of thiophene rings is 1. The summed E-state index contributed by atoms with van der Waals surface area (Å²) in [7, 11) is 1.84. The number of likely N-dealkylation sites (N-methyl/N-ethyl adjacent to an activating group) is 1. The van der Waals surface area contributed by atoms with Gasteiger partial charge in [0.15, 0.2) is 0 Å². The molecule has 2 rings (SSSR count). The summed E-state index contributed by atoms with van der Waals surface area (Å²) in [5, 5.41) is 5.20. The van der Waals surface area contributed by atoms with E-state index >= 15 is 0 Å².